The van der Waals surface area contributed by atoms with Crippen molar-refractivity contribution in [1.29, 1.82) is 0 Å². The predicted octanol–water partition coefficient (Wildman–Crippen LogP) is 3.00. The number of rotatable bonds is 8. The minimum Gasteiger partial charge on any atom is -0.497 e. The molecule has 0 aliphatic rings. The molecule has 3 rings (SSSR count). The van der Waals surface area contributed by atoms with E-state index < -0.39 is 0 Å². The van der Waals surface area contributed by atoms with Gasteiger partial charge < -0.3 is 19.3 Å². The minimum absolute atomic E-state index is 0.0925. The molecule has 1 heterocycles. The van der Waals surface area contributed by atoms with Crippen molar-refractivity contribution in [2.75, 3.05) is 14.2 Å². The van der Waals surface area contributed by atoms with Crippen LogP contribution in [0, 0.1) is 0 Å². The summed E-state index contributed by atoms with van der Waals surface area (Å²) < 4.78 is 15.6. The zero-order valence-electron chi connectivity index (χ0n) is 15.3. The van der Waals surface area contributed by atoms with Crippen molar-refractivity contribution < 1.29 is 18.8 Å². The van der Waals surface area contributed by atoms with Crippen LogP contribution < -0.4 is 14.8 Å². The van der Waals surface area contributed by atoms with E-state index in [1.54, 1.807) is 14.2 Å². The highest BCUT2D eigenvalue weighted by Gasteiger charge is 2.11. The number of methoxy groups -OCH3 is 2. The van der Waals surface area contributed by atoms with Gasteiger partial charge in [0, 0.05) is 12.0 Å². The first-order valence-corrected chi connectivity index (χ1v) is 8.55. The molecule has 1 aromatic heterocycles. The van der Waals surface area contributed by atoms with Crippen LogP contribution in [0.5, 0.6) is 11.5 Å². The molecule has 140 valence electrons. The number of amides is 1. The molecular weight excluding hydrogens is 346 g/mol. The zero-order valence-corrected chi connectivity index (χ0v) is 15.3. The quantitative estimate of drug-likeness (QED) is 0.659. The highest BCUT2D eigenvalue weighted by molar-refractivity contribution is 5.76. The van der Waals surface area contributed by atoms with E-state index in [-0.39, 0.29) is 12.5 Å². The van der Waals surface area contributed by atoms with Gasteiger partial charge in [-0.1, -0.05) is 23.4 Å². The summed E-state index contributed by atoms with van der Waals surface area (Å²) in [6, 6.07) is 15.0. The van der Waals surface area contributed by atoms with Crippen LogP contribution in [0.3, 0.4) is 0 Å². The van der Waals surface area contributed by atoms with Crippen LogP contribution in [0.4, 0.5) is 0 Å². The lowest BCUT2D eigenvalue weighted by Gasteiger charge is -2.07. The van der Waals surface area contributed by atoms with Crippen molar-refractivity contribution in [3.05, 3.63) is 60.0 Å². The van der Waals surface area contributed by atoms with Crippen molar-refractivity contribution in [3.63, 3.8) is 0 Å². The molecule has 0 saturated heterocycles. The molecule has 7 heteroatoms. The first-order chi connectivity index (χ1) is 13.2. The number of para-hydroxylation sites is 1. The summed E-state index contributed by atoms with van der Waals surface area (Å²) in [5.41, 5.74) is 1.81. The van der Waals surface area contributed by atoms with E-state index in [4.69, 9.17) is 14.0 Å². The maximum atomic E-state index is 12.1. The SMILES string of the molecule is COc1ccc(-c2noc(CNC(=O)CCc3ccccc3OC)n2)cc1. The number of carbonyl (C=O) groups excluding carboxylic acids is 1. The van der Waals surface area contributed by atoms with Crippen molar-refractivity contribution in [2.45, 2.75) is 19.4 Å². The maximum Gasteiger partial charge on any atom is 0.246 e. The summed E-state index contributed by atoms with van der Waals surface area (Å²) in [5, 5.41) is 6.74. The topological polar surface area (TPSA) is 86.5 Å². The van der Waals surface area contributed by atoms with Gasteiger partial charge in [-0.25, -0.2) is 0 Å². The second-order valence-electron chi connectivity index (χ2n) is 5.83. The van der Waals surface area contributed by atoms with Crippen LogP contribution in [0.1, 0.15) is 17.9 Å². The average Bonchev–Trinajstić information content (AvgIpc) is 3.20. The fourth-order valence-corrected chi connectivity index (χ4v) is 2.60. The van der Waals surface area contributed by atoms with Gasteiger partial charge in [0.2, 0.25) is 17.6 Å². The highest BCUT2D eigenvalue weighted by Crippen LogP contribution is 2.20. The van der Waals surface area contributed by atoms with E-state index in [0.717, 1.165) is 22.6 Å². The number of nitrogens with zero attached hydrogens (tertiary/aromatic N) is 2. The largest absolute Gasteiger partial charge is 0.497 e. The Balaban J connectivity index is 1.51. The van der Waals surface area contributed by atoms with Crippen LogP contribution in [-0.4, -0.2) is 30.3 Å². The summed E-state index contributed by atoms with van der Waals surface area (Å²) >= 11 is 0. The van der Waals surface area contributed by atoms with Crippen molar-refractivity contribution in [2.24, 2.45) is 0 Å². The summed E-state index contributed by atoms with van der Waals surface area (Å²) in [7, 11) is 3.23. The number of nitrogens with one attached hydrogen (secondary N) is 1. The highest BCUT2D eigenvalue weighted by atomic mass is 16.5. The van der Waals surface area contributed by atoms with Crippen LogP contribution in [0.2, 0.25) is 0 Å². The first-order valence-electron chi connectivity index (χ1n) is 8.55. The van der Waals surface area contributed by atoms with Crippen LogP contribution in [-0.2, 0) is 17.8 Å². The average molecular weight is 367 g/mol. The van der Waals surface area contributed by atoms with Gasteiger partial charge in [-0.3, -0.25) is 4.79 Å². The van der Waals surface area contributed by atoms with Gasteiger partial charge in [-0.05, 0) is 42.3 Å². The molecule has 0 radical (unpaired) electrons. The van der Waals surface area contributed by atoms with Crippen LogP contribution in [0.25, 0.3) is 11.4 Å². The van der Waals surface area contributed by atoms with E-state index in [0.29, 0.717) is 24.6 Å². The molecule has 1 amide bonds. The number of aromatic nitrogens is 2. The second kappa shape index (κ2) is 8.84. The van der Waals surface area contributed by atoms with Gasteiger partial charge >= 0.3 is 0 Å². The van der Waals surface area contributed by atoms with Crippen molar-refractivity contribution >= 4 is 5.91 Å². The Kier molecular flexibility index (Phi) is 6.04. The molecule has 0 aliphatic heterocycles. The number of carbonyl (C=O) groups is 1. The third-order valence-corrected chi connectivity index (χ3v) is 4.07. The lowest BCUT2D eigenvalue weighted by Crippen LogP contribution is -2.23. The Morgan fingerprint density at radius 3 is 2.59 bits per heavy atom. The molecule has 0 fully saturated rings. The van der Waals surface area contributed by atoms with Gasteiger partial charge in [0.05, 0.1) is 20.8 Å². The maximum absolute atomic E-state index is 12.1. The van der Waals surface area contributed by atoms with Gasteiger partial charge in [0.25, 0.3) is 0 Å². The molecule has 3 aromatic rings. The van der Waals surface area contributed by atoms with E-state index in [2.05, 4.69) is 15.5 Å². The molecule has 0 spiro atoms. The molecule has 0 atom stereocenters. The molecule has 0 bridgehead atoms. The fraction of sp³-hybridized carbons (Fsp3) is 0.250. The van der Waals surface area contributed by atoms with E-state index in [1.165, 1.54) is 0 Å². The normalized spacial score (nSPS) is 10.4. The Morgan fingerprint density at radius 1 is 1.07 bits per heavy atom. The lowest BCUT2D eigenvalue weighted by atomic mass is 10.1. The fourth-order valence-electron chi connectivity index (χ4n) is 2.60. The predicted molar refractivity (Wildman–Crippen MR) is 99.4 cm³/mol. The van der Waals surface area contributed by atoms with Gasteiger partial charge in [-0.15, -0.1) is 0 Å². The number of aryl methyl sites for hydroxylation is 1. The summed E-state index contributed by atoms with van der Waals surface area (Å²) in [6.07, 6.45) is 0.941. The second-order valence-corrected chi connectivity index (χ2v) is 5.83. The van der Waals surface area contributed by atoms with Crippen LogP contribution in [0.15, 0.2) is 53.1 Å². The summed E-state index contributed by atoms with van der Waals surface area (Å²) in [5.74, 6) is 2.27. The number of hydrogen-bond donors (Lipinski definition) is 1. The monoisotopic (exact) mass is 367 g/mol. The smallest absolute Gasteiger partial charge is 0.246 e. The van der Waals surface area contributed by atoms with Gasteiger partial charge in [0.15, 0.2) is 0 Å². The van der Waals surface area contributed by atoms with Crippen molar-refractivity contribution in [3.8, 4) is 22.9 Å². The Labute approximate surface area is 157 Å². The molecule has 1 N–H and O–H groups in total. The first kappa shape index (κ1) is 18.4. The Morgan fingerprint density at radius 2 is 1.85 bits per heavy atom. The van der Waals surface area contributed by atoms with Gasteiger partial charge in [-0.2, -0.15) is 4.98 Å². The summed E-state index contributed by atoms with van der Waals surface area (Å²) in [4.78, 5) is 16.4. The Bertz CT molecular complexity index is 890. The van der Waals surface area contributed by atoms with E-state index in [9.17, 15) is 4.79 Å². The lowest BCUT2D eigenvalue weighted by molar-refractivity contribution is -0.121. The standard InChI is InChI=1S/C20H21N3O4/c1-25-16-10-7-15(8-11-16)20-22-19(27-23-20)13-21-18(24)12-9-14-5-3-4-6-17(14)26-2/h3-8,10-11H,9,12-13H2,1-2H3,(H,21,24). The molecule has 0 aliphatic carbocycles. The molecule has 27 heavy (non-hydrogen) atoms. The third-order valence-electron chi connectivity index (χ3n) is 4.07. The van der Waals surface area contributed by atoms with Crippen molar-refractivity contribution in [1.82, 2.24) is 15.5 Å². The molecule has 7 nitrogen and oxygen atoms in total. The molecule has 0 unspecified atom stereocenters. The van der Waals surface area contributed by atoms with E-state index >= 15 is 0 Å². The minimum atomic E-state index is -0.0925. The molecule has 0 saturated carbocycles. The van der Waals surface area contributed by atoms with Gasteiger partial charge in [0.1, 0.15) is 11.5 Å². The molecular formula is C20H21N3O4. The van der Waals surface area contributed by atoms with Crippen LogP contribution >= 0.6 is 0 Å². The Hall–Kier alpha value is -3.35. The third kappa shape index (κ3) is 4.84. The molecule has 2 aromatic carbocycles. The number of hydrogen-bond acceptors (Lipinski definition) is 6. The number of ether oxygens (including phenoxy) is 2. The zero-order chi connectivity index (χ0) is 19.1. The van der Waals surface area contributed by atoms with E-state index in [1.807, 2.05) is 48.5 Å². The summed E-state index contributed by atoms with van der Waals surface area (Å²) in [6.45, 7) is 0.188. The number of benzene rings is 2.